The van der Waals surface area contributed by atoms with Crippen molar-refractivity contribution < 1.29 is 4.74 Å². The van der Waals surface area contributed by atoms with Crippen LogP contribution in [0.4, 0.5) is 0 Å². The Bertz CT molecular complexity index is 410. The molecule has 0 fully saturated rings. The van der Waals surface area contributed by atoms with Crippen LogP contribution in [0.25, 0.3) is 6.08 Å². The van der Waals surface area contributed by atoms with Crippen molar-refractivity contribution in [3.8, 4) is 0 Å². The quantitative estimate of drug-likeness (QED) is 0.570. The van der Waals surface area contributed by atoms with Gasteiger partial charge in [-0.2, -0.15) is 0 Å². The zero-order valence-corrected chi connectivity index (χ0v) is 13.8. The maximum Gasteiger partial charge on any atom is 0.0598 e. The summed E-state index contributed by atoms with van der Waals surface area (Å²) in [5.41, 5.74) is 2.71. The molecule has 0 unspecified atom stereocenters. The van der Waals surface area contributed by atoms with E-state index in [1.165, 1.54) is 17.5 Å². The van der Waals surface area contributed by atoms with Crippen molar-refractivity contribution in [3.05, 3.63) is 41.5 Å². The maximum atomic E-state index is 5.71. The Balaban J connectivity index is 2.26. The van der Waals surface area contributed by atoms with Gasteiger partial charge in [-0.05, 0) is 57.1 Å². The van der Waals surface area contributed by atoms with E-state index in [9.17, 15) is 0 Å². The smallest absolute Gasteiger partial charge is 0.0598 e. The molecule has 0 aliphatic rings. The molecular weight excluding hydrogens is 244 g/mol. The molecule has 0 bridgehead atoms. The Kier molecular flexibility index (Phi) is 7.01. The number of benzene rings is 1. The lowest BCUT2D eigenvalue weighted by Gasteiger charge is -2.19. The van der Waals surface area contributed by atoms with Crippen molar-refractivity contribution in [3.63, 3.8) is 0 Å². The fourth-order valence-corrected chi connectivity index (χ4v) is 1.98. The van der Waals surface area contributed by atoms with Crippen LogP contribution in [0.1, 0.15) is 70.9 Å². The van der Waals surface area contributed by atoms with Crippen LogP contribution in [-0.2, 0) is 4.74 Å². The number of hydrogen-bond donors (Lipinski definition) is 0. The van der Waals surface area contributed by atoms with Crippen LogP contribution in [-0.4, -0.2) is 12.2 Å². The molecule has 1 rings (SSSR count). The van der Waals surface area contributed by atoms with Gasteiger partial charge in [-0.1, -0.05) is 50.3 Å². The van der Waals surface area contributed by atoms with Crippen LogP contribution < -0.4 is 0 Å². The van der Waals surface area contributed by atoms with Gasteiger partial charge in [0.05, 0.1) is 5.60 Å². The molecule has 0 aromatic heterocycles. The Labute approximate surface area is 125 Å². The molecule has 0 spiro atoms. The molecule has 0 aliphatic carbocycles. The van der Waals surface area contributed by atoms with E-state index in [2.05, 4.69) is 71.0 Å². The highest BCUT2D eigenvalue weighted by atomic mass is 16.5. The van der Waals surface area contributed by atoms with Gasteiger partial charge in [0.1, 0.15) is 0 Å². The minimum Gasteiger partial charge on any atom is -0.376 e. The van der Waals surface area contributed by atoms with Crippen molar-refractivity contribution in [2.24, 2.45) is 0 Å². The van der Waals surface area contributed by atoms with Gasteiger partial charge in [-0.3, -0.25) is 0 Å². The van der Waals surface area contributed by atoms with E-state index in [4.69, 9.17) is 4.74 Å². The topological polar surface area (TPSA) is 9.23 Å². The van der Waals surface area contributed by atoms with Gasteiger partial charge in [-0.15, -0.1) is 0 Å². The van der Waals surface area contributed by atoms with Gasteiger partial charge < -0.3 is 4.74 Å². The van der Waals surface area contributed by atoms with Crippen LogP contribution in [0.2, 0.25) is 0 Å². The molecule has 1 aromatic rings. The number of unbranched alkanes of at least 4 members (excludes halogenated alkanes) is 2. The SMILES string of the molecule is CC(C)c1cccc(C=CCCCCOC(C)(C)C)c1. The van der Waals surface area contributed by atoms with E-state index in [-0.39, 0.29) is 5.60 Å². The molecule has 0 radical (unpaired) electrons. The van der Waals surface area contributed by atoms with Crippen LogP contribution in [0, 0.1) is 0 Å². The summed E-state index contributed by atoms with van der Waals surface area (Å²) in [5.74, 6) is 0.595. The predicted octanol–water partition coefficient (Wildman–Crippen LogP) is 5.81. The Morgan fingerprint density at radius 3 is 2.55 bits per heavy atom. The zero-order valence-electron chi connectivity index (χ0n) is 13.8. The minimum absolute atomic E-state index is 0.00682. The van der Waals surface area contributed by atoms with E-state index in [0.717, 1.165) is 19.4 Å². The highest BCUT2D eigenvalue weighted by molar-refractivity contribution is 5.50. The molecule has 0 atom stereocenters. The second kappa shape index (κ2) is 8.26. The van der Waals surface area contributed by atoms with Gasteiger partial charge in [-0.25, -0.2) is 0 Å². The maximum absolute atomic E-state index is 5.71. The molecule has 0 saturated heterocycles. The van der Waals surface area contributed by atoms with Gasteiger partial charge in [0.15, 0.2) is 0 Å². The fraction of sp³-hybridized carbons (Fsp3) is 0.579. The average Bonchev–Trinajstić information content (AvgIpc) is 2.36. The first-order valence-corrected chi connectivity index (χ1v) is 7.79. The van der Waals surface area contributed by atoms with E-state index in [1.807, 2.05) is 0 Å². The van der Waals surface area contributed by atoms with E-state index in [0.29, 0.717) is 5.92 Å². The molecule has 1 heteroatoms. The van der Waals surface area contributed by atoms with Crippen LogP contribution >= 0.6 is 0 Å². The van der Waals surface area contributed by atoms with Crippen molar-refractivity contribution in [1.82, 2.24) is 0 Å². The molecular formula is C19H30O. The predicted molar refractivity (Wildman–Crippen MR) is 89.1 cm³/mol. The van der Waals surface area contributed by atoms with Gasteiger partial charge in [0.25, 0.3) is 0 Å². The first-order chi connectivity index (χ1) is 9.38. The summed E-state index contributed by atoms with van der Waals surface area (Å²) in [4.78, 5) is 0. The minimum atomic E-state index is -0.00682. The first-order valence-electron chi connectivity index (χ1n) is 7.79. The van der Waals surface area contributed by atoms with E-state index in [1.54, 1.807) is 0 Å². The highest BCUT2D eigenvalue weighted by Gasteiger charge is 2.08. The normalized spacial score (nSPS) is 12.5. The first kappa shape index (κ1) is 17.0. The van der Waals surface area contributed by atoms with E-state index < -0.39 is 0 Å². The summed E-state index contributed by atoms with van der Waals surface area (Å²) in [6.07, 6.45) is 7.95. The monoisotopic (exact) mass is 274 g/mol. The molecule has 0 N–H and O–H groups in total. The summed E-state index contributed by atoms with van der Waals surface area (Å²) >= 11 is 0. The Morgan fingerprint density at radius 2 is 1.90 bits per heavy atom. The largest absolute Gasteiger partial charge is 0.376 e. The Hall–Kier alpha value is -1.08. The molecule has 112 valence electrons. The zero-order chi connectivity index (χ0) is 15.0. The standard InChI is InChI=1S/C19H30O/c1-16(2)18-13-10-12-17(15-18)11-8-6-7-9-14-20-19(3,4)5/h8,10-13,15-16H,6-7,9,14H2,1-5H3. The van der Waals surface area contributed by atoms with Crippen LogP contribution in [0.15, 0.2) is 30.3 Å². The number of ether oxygens (including phenoxy) is 1. The molecule has 1 nitrogen and oxygen atoms in total. The summed E-state index contributed by atoms with van der Waals surface area (Å²) < 4.78 is 5.71. The molecule has 0 amide bonds. The molecule has 0 heterocycles. The summed E-state index contributed by atoms with van der Waals surface area (Å²) in [7, 11) is 0. The van der Waals surface area contributed by atoms with Crippen molar-refractivity contribution in [2.75, 3.05) is 6.61 Å². The van der Waals surface area contributed by atoms with Gasteiger partial charge >= 0.3 is 0 Å². The van der Waals surface area contributed by atoms with Gasteiger partial charge in [0.2, 0.25) is 0 Å². The molecule has 0 aliphatic heterocycles. The highest BCUT2D eigenvalue weighted by Crippen LogP contribution is 2.16. The van der Waals surface area contributed by atoms with E-state index >= 15 is 0 Å². The van der Waals surface area contributed by atoms with Gasteiger partial charge in [0, 0.05) is 6.61 Å². The summed E-state index contributed by atoms with van der Waals surface area (Å²) in [5, 5.41) is 0. The molecule has 1 aromatic carbocycles. The van der Waals surface area contributed by atoms with Crippen molar-refractivity contribution in [1.29, 1.82) is 0 Å². The third kappa shape index (κ3) is 7.49. The third-order valence-corrected chi connectivity index (χ3v) is 3.19. The number of hydrogen-bond acceptors (Lipinski definition) is 1. The number of rotatable bonds is 7. The van der Waals surface area contributed by atoms with Crippen LogP contribution in [0.5, 0.6) is 0 Å². The lowest BCUT2D eigenvalue weighted by Crippen LogP contribution is -2.19. The second-order valence-corrected chi connectivity index (χ2v) is 6.68. The summed E-state index contributed by atoms with van der Waals surface area (Å²) in [6, 6.07) is 8.80. The number of allylic oxidation sites excluding steroid dienone is 1. The second-order valence-electron chi connectivity index (χ2n) is 6.68. The van der Waals surface area contributed by atoms with Crippen molar-refractivity contribution in [2.45, 2.75) is 65.4 Å². The lowest BCUT2D eigenvalue weighted by molar-refractivity contribution is -0.00446. The Morgan fingerprint density at radius 1 is 1.15 bits per heavy atom. The lowest BCUT2D eigenvalue weighted by atomic mass is 10.0. The molecule has 0 saturated carbocycles. The third-order valence-electron chi connectivity index (χ3n) is 3.19. The fourth-order valence-electron chi connectivity index (χ4n) is 1.98. The molecule has 20 heavy (non-hydrogen) atoms. The van der Waals surface area contributed by atoms with Crippen molar-refractivity contribution >= 4 is 6.08 Å². The summed E-state index contributed by atoms with van der Waals surface area (Å²) in [6.45, 7) is 11.6. The van der Waals surface area contributed by atoms with Crippen LogP contribution in [0.3, 0.4) is 0 Å². The average molecular weight is 274 g/mol.